The number of nitrogens with zero attached hydrogens (tertiary/aromatic N) is 5. The van der Waals surface area contributed by atoms with Crippen molar-refractivity contribution in [3.63, 3.8) is 0 Å². The maximum absolute atomic E-state index is 15.0. The Balaban J connectivity index is 1.79. The number of nitrogens with one attached hydrogen (secondary N) is 1. The third kappa shape index (κ3) is 3.33. The van der Waals surface area contributed by atoms with Gasteiger partial charge in [0, 0.05) is 49.6 Å². The van der Waals surface area contributed by atoms with E-state index in [4.69, 9.17) is 5.73 Å². The van der Waals surface area contributed by atoms with Gasteiger partial charge in [-0.2, -0.15) is 0 Å². The average molecular weight is 446 g/mol. The summed E-state index contributed by atoms with van der Waals surface area (Å²) >= 11 is 0. The molecular formula is C20H24FN7O2S. The summed E-state index contributed by atoms with van der Waals surface area (Å²) in [5.74, 6) is -0.0806. The van der Waals surface area contributed by atoms with Crippen molar-refractivity contribution in [3.05, 3.63) is 54.4 Å². The van der Waals surface area contributed by atoms with E-state index in [9.17, 15) is 12.8 Å². The molecule has 1 aliphatic heterocycles. The van der Waals surface area contributed by atoms with Crippen LogP contribution in [0.25, 0.3) is 5.65 Å². The quantitative estimate of drug-likeness (QED) is 0.638. The van der Waals surface area contributed by atoms with Gasteiger partial charge < -0.3 is 15.5 Å². The summed E-state index contributed by atoms with van der Waals surface area (Å²) in [6, 6.07) is 4.48. The van der Waals surface area contributed by atoms with Crippen LogP contribution in [-0.4, -0.2) is 51.3 Å². The van der Waals surface area contributed by atoms with Crippen LogP contribution in [0.2, 0.25) is 0 Å². The molecule has 0 saturated carbocycles. The number of benzene rings is 1. The third-order valence-electron chi connectivity index (χ3n) is 5.69. The van der Waals surface area contributed by atoms with Crippen molar-refractivity contribution in [2.75, 3.05) is 18.9 Å². The van der Waals surface area contributed by atoms with Crippen LogP contribution in [0.15, 0.2) is 48.0 Å². The van der Waals surface area contributed by atoms with Gasteiger partial charge in [0.15, 0.2) is 11.5 Å². The van der Waals surface area contributed by atoms with Gasteiger partial charge in [0.25, 0.3) is 0 Å². The van der Waals surface area contributed by atoms with E-state index in [1.165, 1.54) is 31.3 Å². The lowest BCUT2D eigenvalue weighted by atomic mass is 9.91. The second-order valence-electron chi connectivity index (χ2n) is 8.30. The number of sulfonamides is 1. The first-order chi connectivity index (χ1) is 14.5. The maximum atomic E-state index is 15.0. The van der Waals surface area contributed by atoms with Crippen molar-refractivity contribution >= 4 is 33.0 Å². The molecule has 11 heteroatoms. The van der Waals surface area contributed by atoms with E-state index in [2.05, 4.69) is 20.3 Å². The number of anilines is 2. The van der Waals surface area contributed by atoms with Gasteiger partial charge in [-0.15, -0.1) is 0 Å². The van der Waals surface area contributed by atoms with Crippen molar-refractivity contribution in [3.8, 4) is 0 Å². The van der Waals surface area contributed by atoms with E-state index in [-0.39, 0.29) is 17.9 Å². The Hall–Kier alpha value is -3.05. The fourth-order valence-electron chi connectivity index (χ4n) is 3.72. The van der Waals surface area contributed by atoms with Gasteiger partial charge in [0.2, 0.25) is 10.0 Å². The first kappa shape index (κ1) is 21.2. The molecular weight excluding hydrogens is 421 g/mol. The minimum absolute atomic E-state index is 0.0616. The fraction of sp³-hybridized carbons (Fsp3) is 0.350. The number of nitrogens with two attached hydrogens (primary N) is 1. The molecule has 3 aromatic rings. The molecule has 2 aromatic heterocycles. The Labute approximate surface area is 179 Å². The normalized spacial score (nSPS) is 23.3. The summed E-state index contributed by atoms with van der Waals surface area (Å²) in [5, 5.41) is 3.15. The van der Waals surface area contributed by atoms with Crippen LogP contribution in [0.1, 0.15) is 26.3 Å². The number of aliphatic imine (C=N–C) groups is 1. The van der Waals surface area contributed by atoms with Crippen molar-refractivity contribution < 1.29 is 12.8 Å². The van der Waals surface area contributed by atoms with Gasteiger partial charge in [0.05, 0.1) is 0 Å². The number of hydrogen-bond donors (Lipinski definition) is 2. The topological polar surface area (TPSA) is 118 Å². The zero-order valence-electron chi connectivity index (χ0n) is 17.7. The Kier molecular flexibility index (Phi) is 4.78. The summed E-state index contributed by atoms with van der Waals surface area (Å²) in [6.45, 7) is 4.60. The molecule has 3 N–H and O–H groups in total. The number of imidazole rings is 1. The Morgan fingerprint density at radius 1 is 1.16 bits per heavy atom. The molecule has 31 heavy (non-hydrogen) atoms. The average Bonchev–Trinajstić information content (AvgIpc) is 3.17. The molecule has 1 aliphatic rings. The lowest BCUT2D eigenvalue weighted by Gasteiger charge is -2.29. The molecule has 1 atom stereocenters. The van der Waals surface area contributed by atoms with Crippen LogP contribution < -0.4 is 11.1 Å². The van der Waals surface area contributed by atoms with Gasteiger partial charge in [-0.05, 0) is 39.0 Å². The van der Waals surface area contributed by atoms with Crippen molar-refractivity contribution in [1.82, 2.24) is 18.7 Å². The SMILES string of the molecule is CN1CC(C)(c2cc(Nc3nccn4ccnc34)ccc2F)N=C(N)C(C)(C)S1(=O)=O. The van der Waals surface area contributed by atoms with Gasteiger partial charge in [-0.25, -0.2) is 27.1 Å². The molecule has 4 rings (SSSR count). The van der Waals surface area contributed by atoms with Gasteiger partial charge in [-0.3, -0.25) is 4.99 Å². The maximum Gasteiger partial charge on any atom is 0.226 e. The van der Waals surface area contributed by atoms with Crippen molar-refractivity contribution in [2.24, 2.45) is 10.7 Å². The molecule has 0 bridgehead atoms. The Bertz CT molecular complexity index is 1300. The molecule has 164 valence electrons. The minimum Gasteiger partial charge on any atom is -0.386 e. The highest BCUT2D eigenvalue weighted by molar-refractivity contribution is 7.91. The van der Waals surface area contributed by atoms with Gasteiger partial charge in [-0.1, -0.05) is 0 Å². The highest BCUT2D eigenvalue weighted by Gasteiger charge is 2.48. The zero-order valence-corrected chi connectivity index (χ0v) is 18.5. The predicted molar refractivity (Wildman–Crippen MR) is 117 cm³/mol. The summed E-state index contributed by atoms with van der Waals surface area (Å²) in [6.07, 6.45) is 6.84. The number of hydrogen-bond acceptors (Lipinski definition) is 7. The summed E-state index contributed by atoms with van der Waals surface area (Å²) in [4.78, 5) is 13.1. The van der Waals surface area contributed by atoms with Crippen LogP contribution in [0, 0.1) is 5.82 Å². The van der Waals surface area contributed by atoms with Crippen molar-refractivity contribution in [2.45, 2.75) is 31.1 Å². The zero-order chi connectivity index (χ0) is 22.6. The van der Waals surface area contributed by atoms with Crippen LogP contribution in [-0.2, 0) is 15.6 Å². The number of likely N-dealkylation sites (N-methyl/N-ethyl adjacent to an activating group) is 1. The smallest absolute Gasteiger partial charge is 0.226 e. The van der Waals surface area contributed by atoms with Crippen LogP contribution in [0.5, 0.6) is 0 Å². The lowest BCUT2D eigenvalue weighted by Crippen LogP contribution is -2.50. The van der Waals surface area contributed by atoms with Crippen LogP contribution in [0.3, 0.4) is 0 Å². The second-order valence-corrected chi connectivity index (χ2v) is 10.9. The molecule has 0 radical (unpaired) electrons. The minimum atomic E-state index is -3.78. The first-order valence-electron chi connectivity index (χ1n) is 9.62. The molecule has 9 nitrogen and oxygen atoms in total. The molecule has 3 heterocycles. The fourth-order valence-corrected chi connectivity index (χ4v) is 5.23. The summed E-state index contributed by atoms with van der Waals surface area (Å²) < 4.78 is 42.4. The van der Waals surface area contributed by atoms with Gasteiger partial charge in [0.1, 0.15) is 21.9 Å². The molecule has 0 fully saturated rings. The molecule has 0 saturated heterocycles. The molecule has 1 aromatic carbocycles. The van der Waals surface area contributed by atoms with E-state index in [1.54, 1.807) is 48.2 Å². The number of fused-ring (bicyclic) bond motifs is 1. The van der Waals surface area contributed by atoms with E-state index >= 15 is 0 Å². The number of rotatable bonds is 3. The van der Waals surface area contributed by atoms with E-state index < -0.39 is 26.1 Å². The first-order valence-corrected chi connectivity index (χ1v) is 11.1. The molecule has 1 unspecified atom stereocenters. The summed E-state index contributed by atoms with van der Waals surface area (Å²) in [7, 11) is -2.32. The highest BCUT2D eigenvalue weighted by Crippen LogP contribution is 2.37. The lowest BCUT2D eigenvalue weighted by molar-refractivity contribution is 0.355. The van der Waals surface area contributed by atoms with Crippen LogP contribution in [0.4, 0.5) is 15.9 Å². The van der Waals surface area contributed by atoms with E-state index in [1.807, 2.05) is 0 Å². The Morgan fingerprint density at radius 3 is 2.55 bits per heavy atom. The third-order valence-corrected chi connectivity index (χ3v) is 8.14. The number of amidine groups is 1. The number of aromatic nitrogens is 3. The molecule has 0 amide bonds. The van der Waals surface area contributed by atoms with Crippen molar-refractivity contribution in [1.29, 1.82) is 0 Å². The summed E-state index contributed by atoms with van der Waals surface area (Å²) in [5.41, 5.74) is 6.27. The highest BCUT2D eigenvalue weighted by atomic mass is 32.2. The largest absolute Gasteiger partial charge is 0.386 e. The van der Waals surface area contributed by atoms with E-state index in [0.717, 1.165) is 0 Å². The second kappa shape index (κ2) is 6.99. The standard InChI is InChI=1S/C20H24FN7O2S/c1-19(2)18(22)26-20(3,12-27(4)31(19,29)30)14-11-13(5-6-15(14)21)25-16-17-24-8-10-28(17)9-7-23-16/h5-11H,12H2,1-4H3,(H2,22,26)(H,23,25). The molecule has 0 aliphatic carbocycles. The molecule has 0 spiro atoms. The van der Waals surface area contributed by atoms with E-state index in [0.29, 0.717) is 17.2 Å². The Morgan fingerprint density at radius 2 is 1.84 bits per heavy atom. The predicted octanol–water partition coefficient (Wildman–Crippen LogP) is 2.24. The monoisotopic (exact) mass is 445 g/mol. The number of halogens is 1. The van der Waals surface area contributed by atoms with Gasteiger partial charge >= 0.3 is 0 Å². The van der Waals surface area contributed by atoms with Crippen LogP contribution >= 0.6 is 0 Å².